The number of nitrogens with zero attached hydrogens (tertiary/aromatic N) is 1. The molecule has 0 aliphatic heterocycles. The fourth-order valence-electron chi connectivity index (χ4n) is 9.58. The molecule has 0 saturated heterocycles. The number of rotatable bonds is 7. The van der Waals surface area contributed by atoms with Crippen molar-refractivity contribution in [3.63, 3.8) is 0 Å². The second kappa shape index (κ2) is 11.3. The molecule has 7 nitrogen and oxygen atoms in total. The molecule has 2 amide bonds. The Kier molecular flexibility index (Phi) is 8.92. The summed E-state index contributed by atoms with van der Waals surface area (Å²) < 4.78 is 4.87. The van der Waals surface area contributed by atoms with Gasteiger partial charge in [0.25, 0.3) is 0 Å². The van der Waals surface area contributed by atoms with Crippen LogP contribution in [0.15, 0.2) is 0 Å². The number of esters is 1. The van der Waals surface area contributed by atoms with E-state index in [-0.39, 0.29) is 40.9 Å². The molecule has 0 bridgehead atoms. The maximum atomic E-state index is 12.6. The van der Waals surface area contributed by atoms with E-state index < -0.39 is 6.10 Å². The van der Waals surface area contributed by atoms with Crippen LogP contribution in [0.5, 0.6) is 0 Å². The topological polar surface area (TPSA) is 99.1 Å². The van der Waals surface area contributed by atoms with Crippen molar-refractivity contribution in [2.45, 2.75) is 96.8 Å². The third-order valence-electron chi connectivity index (χ3n) is 11.8. The van der Waals surface area contributed by atoms with E-state index in [0.717, 1.165) is 56.7 Å². The highest BCUT2D eigenvalue weighted by molar-refractivity contribution is 9.09. The van der Waals surface area contributed by atoms with Crippen LogP contribution < -0.4 is 5.32 Å². The number of amides is 2. The Morgan fingerprint density at radius 3 is 2.54 bits per heavy atom. The van der Waals surface area contributed by atoms with Gasteiger partial charge in [-0.1, -0.05) is 36.7 Å². The van der Waals surface area contributed by atoms with Crippen LogP contribution in [0.4, 0.5) is 4.79 Å². The molecule has 4 fully saturated rings. The number of hydrogen-bond acceptors (Lipinski definition) is 5. The lowest BCUT2D eigenvalue weighted by atomic mass is 9.43. The zero-order chi connectivity index (χ0) is 27.1. The van der Waals surface area contributed by atoms with E-state index in [2.05, 4.69) is 42.0 Å². The number of hydrogen-bond donors (Lipinski definition) is 3. The van der Waals surface area contributed by atoms with Crippen LogP contribution in [-0.2, 0) is 9.53 Å². The van der Waals surface area contributed by atoms with Gasteiger partial charge in [0.05, 0.1) is 19.3 Å². The van der Waals surface area contributed by atoms with Crippen molar-refractivity contribution in [2.24, 2.45) is 46.3 Å². The van der Waals surface area contributed by atoms with Crippen LogP contribution in [0.3, 0.4) is 0 Å². The van der Waals surface area contributed by atoms with Crippen molar-refractivity contribution < 1.29 is 24.5 Å². The van der Waals surface area contributed by atoms with E-state index in [1.807, 2.05) is 11.9 Å². The minimum absolute atomic E-state index is 0.0236. The maximum absolute atomic E-state index is 12.6. The molecule has 11 atom stereocenters. The number of carbonyl (C=O) groups is 2. The summed E-state index contributed by atoms with van der Waals surface area (Å²) in [7, 11) is 3.34. The molecule has 0 aromatic heterocycles. The highest BCUT2D eigenvalue weighted by Gasteiger charge is 2.65. The lowest BCUT2D eigenvalue weighted by Gasteiger charge is -2.64. The average molecular weight is 586 g/mol. The summed E-state index contributed by atoms with van der Waals surface area (Å²) in [5.74, 6) is 1.66. The van der Waals surface area contributed by atoms with Crippen molar-refractivity contribution in [1.82, 2.24) is 10.2 Å². The maximum Gasteiger partial charge on any atom is 0.317 e. The highest BCUT2D eigenvalue weighted by Crippen LogP contribution is 2.68. The Morgan fingerprint density at radius 2 is 1.86 bits per heavy atom. The third kappa shape index (κ3) is 5.08. The fraction of sp³-hybridized carbons (Fsp3) is 0.931. The van der Waals surface area contributed by atoms with Gasteiger partial charge in [-0.25, -0.2) is 4.79 Å². The number of methoxy groups -OCH3 is 1. The van der Waals surface area contributed by atoms with E-state index in [0.29, 0.717) is 42.6 Å². The van der Waals surface area contributed by atoms with Crippen LogP contribution in [0.1, 0.15) is 78.6 Å². The number of halogens is 1. The molecule has 0 spiro atoms. The van der Waals surface area contributed by atoms with Crippen molar-refractivity contribution in [2.75, 3.05) is 26.0 Å². The first-order chi connectivity index (χ1) is 17.5. The predicted octanol–water partition coefficient (Wildman–Crippen LogP) is 4.58. The molecule has 4 aliphatic rings. The predicted molar refractivity (Wildman–Crippen MR) is 147 cm³/mol. The monoisotopic (exact) mass is 584 g/mol. The number of nitrogens with one attached hydrogen (secondary N) is 1. The number of aliphatic hydroxyl groups excluding tert-OH is 2. The molecule has 0 unspecified atom stereocenters. The Morgan fingerprint density at radius 1 is 1.14 bits per heavy atom. The first-order valence-electron chi connectivity index (χ1n) is 14.5. The van der Waals surface area contributed by atoms with Crippen molar-refractivity contribution in [3.05, 3.63) is 0 Å². The molecular weight excluding hydrogens is 536 g/mol. The summed E-state index contributed by atoms with van der Waals surface area (Å²) in [5.41, 5.74) is -0.156. The minimum Gasteiger partial charge on any atom is -0.469 e. The van der Waals surface area contributed by atoms with Crippen LogP contribution >= 0.6 is 15.9 Å². The van der Waals surface area contributed by atoms with Gasteiger partial charge < -0.3 is 25.2 Å². The molecule has 3 N–H and O–H groups in total. The van der Waals surface area contributed by atoms with Crippen molar-refractivity contribution in [1.29, 1.82) is 0 Å². The van der Waals surface area contributed by atoms with Gasteiger partial charge in [-0.05, 0) is 97.7 Å². The van der Waals surface area contributed by atoms with Crippen LogP contribution in [-0.4, -0.2) is 71.4 Å². The third-order valence-corrected chi connectivity index (χ3v) is 12.2. The van der Waals surface area contributed by atoms with Crippen LogP contribution in [0.2, 0.25) is 0 Å². The zero-order valence-electron chi connectivity index (χ0n) is 23.4. The highest BCUT2D eigenvalue weighted by atomic mass is 79.9. The van der Waals surface area contributed by atoms with E-state index in [1.165, 1.54) is 7.11 Å². The molecule has 0 aromatic carbocycles. The molecule has 0 heterocycles. The number of ether oxygens (including phenoxy) is 1. The van der Waals surface area contributed by atoms with Gasteiger partial charge in [-0.3, -0.25) is 4.79 Å². The van der Waals surface area contributed by atoms with Crippen LogP contribution in [0.25, 0.3) is 0 Å². The second-order valence-electron chi connectivity index (χ2n) is 13.1. The normalized spacial score (nSPS) is 43.7. The number of carbonyl (C=O) groups excluding carboxylic acids is 2. The largest absolute Gasteiger partial charge is 0.469 e. The first-order valence-corrected chi connectivity index (χ1v) is 15.6. The number of fused-ring (bicyclic) bond motifs is 5. The molecule has 4 aliphatic carbocycles. The Bertz CT molecular complexity index is 843. The second-order valence-corrected chi connectivity index (χ2v) is 13.9. The minimum atomic E-state index is -0.398. The van der Waals surface area contributed by atoms with E-state index in [4.69, 9.17) is 4.74 Å². The van der Waals surface area contributed by atoms with Gasteiger partial charge in [0.1, 0.15) is 0 Å². The lowest BCUT2D eigenvalue weighted by molar-refractivity contribution is -0.204. The average Bonchev–Trinajstić information content (AvgIpc) is 3.24. The van der Waals surface area contributed by atoms with Gasteiger partial charge in [0.2, 0.25) is 0 Å². The van der Waals surface area contributed by atoms with Gasteiger partial charge in [0.15, 0.2) is 0 Å². The summed E-state index contributed by atoms with van der Waals surface area (Å²) in [6.07, 6.45) is 6.97. The van der Waals surface area contributed by atoms with Gasteiger partial charge in [-0.2, -0.15) is 0 Å². The van der Waals surface area contributed by atoms with Gasteiger partial charge in [0, 0.05) is 31.4 Å². The van der Waals surface area contributed by atoms with E-state index in [9.17, 15) is 19.8 Å². The summed E-state index contributed by atoms with van der Waals surface area (Å²) in [6.45, 7) is 7.51. The quantitative estimate of drug-likeness (QED) is 0.300. The standard InChI is InChI=1S/C29H49BrN2O5/c1-17(6-9-25(35)37-5)20-7-8-21-26-22(16-24(34)29(20,21)3)28(2)11-10-19(14-18(28)15-23(26)33)32(4)27(36)31-13-12-30/h17-24,26,33-34H,6-16H2,1-5H3,(H,31,36)/t17-,18+,19-,20-,21+,22+,23-,24+,26+,28+,29-/m1/s1. The zero-order valence-corrected chi connectivity index (χ0v) is 25.0. The Balaban J connectivity index is 1.50. The van der Waals surface area contributed by atoms with Crippen molar-refractivity contribution in [3.8, 4) is 0 Å². The van der Waals surface area contributed by atoms with Crippen LogP contribution in [0, 0.1) is 46.3 Å². The molecule has 0 aromatic rings. The van der Waals surface area contributed by atoms with Gasteiger partial charge >= 0.3 is 12.0 Å². The first kappa shape index (κ1) is 29.1. The molecule has 212 valence electrons. The van der Waals surface area contributed by atoms with Gasteiger partial charge in [-0.15, -0.1) is 0 Å². The summed E-state index contributed by atoms with van der Waals surface area (Å²) in [4.78, 5) is 26.3. The molecule has 37 heavy (non-hydrogen) atoms. The Labute approximate surface area is 231 Å². The number of urea groups is 1. The summed E-state index contributed by atoms with van der Waals surface area (Å²) >= 11 is 3.37. The fourth-order valence-corrected chi connectivity index (χ4v) is 9.78. The smallest absolute Gasteiger partial charge is 0.317 e. The molecule has 4 saturated carbocycles. The molecule has 0 radical (unpaired) electrons. The number of alkyl halides is 1. The SMILES string of the molecule is COC(=O)CC[C@@H](C)[C@H]1CC[C@H]2[C@@H]3[C@H](O)C[C@@H]4C[C@H](N(C)C(=O)NCCBr)CC[C@]4(C)[C@H]3C[C@H](O)[C@]12C. The van der Waals surface area contributed by atoms with Crippen molar-refractivity contribution >= 4 is 27.9 Å². The molecule has 4 rings (SSSR count). The lowest BCUT2D eigenvalue weighted by Crippen LogP contribution is -2.63. The van der Waals surface area contributed by atoms with E-state index >= 15 is 0 Å². The number of aliphatic hydroxyl groups is 2. The van der Waals surface area contributed by atoms with E-state index in [1.54, 1.807) is 0 Å². The Hall–Kier alpha value is -0.860. The summed E-state index contributed by atoms with van der Waals surface area (Å²) in [6, 6.07) is 0.159. The molecule has 8 heteroatoms. The summed E-state index contributed by atoms with van der Waals surface area (Å²) in [5, 5.41) is 27.1. The molecular formula is C29H49BrN2O5.